The van der Waals surface area contributed by atoms with E-state index in [1.54, 1.807) is 6.07 Å². The van der Waals surface area contributed by atoms with Crippen LogP contribution in [-0.2, 0) is 0 Å². The SMILES string of the molecule is Cc1ccc(-c2nnc(N3CCN(C(=O)c4ccccc4)[C@@H](C)C3)c3ccccc23)c(F)c1. The third kappa shape index (κ3) is 3.93. The minimum Gasteiger partial charge on any atom is -0.351 e. The average molecular weight is 441 g/mol. The first kappa shape index (κ1) is 21.1. The van der Waals surface area contributed by atoms with E-state index in [4.69, 9.17) is 0 Å². The quantitative estimate of drug-likeness (QED) is 0.445. The summed E-state index contributed by atoms with van der Waals surface area (Å²) < 4.78 is 14.7. The summed E-state index contributed by atoms with van der Waals surface area (Å²) in [7, 11) is 0. The summed E-state index contributed by atoms with van der Waals surface area (Å²) in [4.78, 5) is 17.1. The topological polar surface area (TPSA) is 49.3 Å². The van der Waals surface area contributed by atoms with Gasteiger partial charge in [-0.2, -0.15) is 0 Å². The van der Waals surface area contributed by atoms with Crippen molar-refractivity contribution in [1.29, 1.82) is 0 Å². The molecular weight excluding hydrogens is 415 g/mol. The van der Waals surface area contributed by atoms with Gasteiger partial charge in [0.15, 0.2) is 5.82 Å². The Morgan fingerprint density at radius 1 is 0.939 bits per heavy atom. The smallest absolute Gasteiger partial charge is 0.254 e. The van der Waals surface area contributed by atoms with Crippen LogP contribution in [0.5, 0.6) is 0 Å². The lowest BCUT2D eigenvalue weighted by atomic mass is 10.0. The molecular formula is C27H25FN4O. The maximum atomic E-state index is 14.7. The molecule has 6 heteroatoms. The molecule has 1 fully saturated rings. The van der Waals surface area contributed by atoms with Crippen LogP contribution in [0.15, 0.2) is 72.8 Å². The van der Waals surface area contributed by atoms with Crippen molar-refractivity contribution in [1.82, 2.24) is 15.1 Å². The number of piperazine rings is 1. The van der Waals surface area contributed by atoms with E-state index in [-0.39, 0.29) is 17.8 Å². The van der Waals surface area contributed by atoms with Crippen LogP contribution < -0.4 is 4.90 Å². The van der Waals surface area contributed by atoms with Crippen LogP contribution in [0.2, 0.25) is 0 Å². The Kier molecular flexibility index (Phi) is 5.50. The summed E-state index contributed by atoms with van der Waals surface area (Å²) >= 11 is 0. The van der Waals surface area contributed by atoms with Gasteiger partial charge >= 0.3 is 0 Å². The Morgan fingerprint density at radius 3 is 2.39 bits per heavy atom. The highest BCUT2D eigenvalue weighted by Gasteiger charge is 2.30. The van der Waals surface area contributed by atoms with E-state index in [9.17, 15) is 9.18 Å². The Balaban J connectivity index is 1.46. The van der Waals surface area contributed by atoms with Gasteiger partial charge in [0.2, 0.25) is 0 Å². The monoisotopic (exact) mass is 440 g/mol. The number of carbonyl (C=O) groups excluding carboxylic acids is 1. The number of amides is 1. The second-order valence-electron chi connectivity index (χ2n) is 8.56. The summed E-state index contributed by atoms with van der Waals surface area (Å²) in [5, 5.41) is 10.8. The molecule has 1 aromatic heterocycles. The zero-order chi connectivity index (χ0) is 22.9. The van der Waals surface area contributed by atoms with E-state index in [2.05, 4.69) is 22.0 Å². The van der Waals surface area contributed by atoms with Crippen LogP contribution in [0.1, 0.15) is 22.8 Å². The van der Waals surface area contributed by atoms with Crippen LogP contribution in [-0.4, -0.2) is 46.7 Å². The second-order valence-corrected chi connectivity index (χ2v) is 8.56. The summed E-state index contributed by atoms with van der Waals surface area (Å²) in [5.41, 5.74) is 2.55. The first-order valence-corrected chi connectivity index (χ1v) is 11.2. The maximum absolute atomic E-state index is 14.7. The molecule has 1 atom stereocenters. The van der Waals surface area contributed by atoms with Crippen LogP contribution in [0, 0.1) is 12.7 Å². The van der Waals surface area contributed by atoms with Crippen LogP contribution in [0.4, 0.5) is 10.2 Å². The van der Waals surface area contributed by atoms with Gasteiger partial charge in [-0.05, 0) is 43.7 Å². The lowest BCUT2D eigenvalue weighted by Gasteiger charge is -2.40. The number of benzene rings is 3. The van der Waals surface area contributed by atoms with Crippen molar-refractivity contribution in [2.24, 2.45) is 0 Å². The van der Waals surface area contributed by atoms with E-state index in [0.717, 1.165) is 22.2 Å². The number of halogens is 1. The summed E-state index contributed by atoms with van der Waals surface area (Å²) in [5.74, 6) is 0.508. The number of fused-ring (bicyclic) bond motifs is 1. The minimum absolute atomic E-state index is 0.0150. The van der Waals surface area contributed by atoms with Crippen LogP contribution in [0.3, 0.4) is 0 Å². The van der Waals surface area contributed by atoms with Gasteiger partial charge in [0.05, 0.1) is 0 Å². The highest BCUT2D eigenvalue weighted by atomic mass is 19.1. The van der Waals surface area contributed by atoms with Crippen LogP contribution >= 0.6 is 0 Å². The number of anilines is 1. The van der Waals surface area contributed by atoms with Gasteiger partial charge in [-0.15, -0.1) is 10.2 Å². The molecule has 33 heavy (non-hydrogen) atoms. The highest BCUT2D eigenvalue weighted by molar-refractivity contribution is 6.00. The molecule has 0 radical (unpaired) electrons. The van der Waals surface area contributed by atoms with Crippen molar-refractivity contribution in [3.8, 4) is 11.3 Å². The minimum atomic E-state index is -0.302. The zero-order valence-electron chi connectivity index (χ0n) is 18.7. The van der Waals surface area contributed by atoms with E-state index >= 15 is 0 Å². The number of aryl methyl sites for hydroxylation is 1. The van der Waals surface area contributed by atoms with E-state index in [1.165, 1.54) is 6.07 Å². The lowest BCUT2D eigenvalue weighted by molar-refractivity contribution is 0.0674. The molecule has 0 bridgehead atoms. The lowest BCUT2D eigenvalue weighted by Crippen LogP contribution is -2.54. The number of nitrogens with zero attached hydrogens (tertiary/aromatic N) is 4. The summed E-state index contributed by atoms with van der Waals surface area (Å²) in [6.45, 7) is 5.82. The highest BCUT2D eigenvalue weighted by Crippen LogP contribution is 2.33. The predicted octanol–water partition coefficient (Wildman–Crippen LogP) is 5.10. The van der Waals surface area contributed by atoms with Gasteiger partial charge in [-0.3, -0.25) is 4.79 Å². The Bertz CT molecular complexity index is 1320. The number of aromatic nitrogens is 2. The first-order chi connectivity index (χ1) is 16.0. The third-order valence-corrected chi connectivity index (χ3v) is 6.26. The molecule has 3 aromatic carbocycles. The van der Waals surface area contributed by atoms with Crippen LogP contribution in [0.25, 0.3) is 22.0 Å². The van der Waals surface area contributed by atoms with Crippen molar-refractivity contribution in [2.45, 2.75) is 19.9 Å². The second kappa shape index (κ2) is 8.62. The molecule has 1 aliphatic heterocycles. The molecule has 1 saturated heterocycles. The molecule has 5 rings (SSSR count). The van der Waals surface area contributed by atoms with E-state index in [1.807, 2.05) is 72.5 Å². The number of hydrogen-bond acceptors (Lipinski definition) is 4. The fraction of sp³-hybridized carbons (Fsp3) is 0.222. The number of hydrogen-bond donors (Lipinski definition) is 0. The largest absolute Gasteiger partial charge is 0.351 e. The molecule has 0 N–H and O–H groups in total. The molecule has 0 aliphatic carbocycles. The number of rotatable bonds is 3. The fourth-order valence-corrected chi connectivity index (χ4v) is 4.53. The maximum Gasteiger partial charge on any atom is 0.254 e. The van der Waals surface area contributed by atoms with Gasteiger partial charge in [-0.25, -0.2) is 4.39 Å². The summed E-state index contributed by atoms with van der Waals surface area (Å²) in [6.07, 6.45) is 0. The number of carbonyl (C=O) groups is 1. The van der Waals surface area contributed by atoms with Crippen molar-refractivity contribution in [2.75, 3.05) is 24.5 Å². The fourth-order valence-electron chi connectivity index (χ4n) is 4.53. The Morgan fingerprint density at radius 2 is 1.67 bits per heavy atom. The van der Waals surface area contributed by atoms with Gasteiger partial charge < -0.3 is 9.80 Å². The van der Waals surface area contributed by atoms with Gasteiger partial charge in [0.25, 0.3) is 5.91 Å². The van der Waals surface area contributed by atoms with Gasteiger partial charge in [-0.1, -0.05) is 48.5 Å². The molecule has 166 valence electrons. The third-order valence-electron chi connectivity index (χ3n) is 6.26. The zero-order valence-corrected chi connectivity index (χ0v) is 18.7. The van der Waals surface area contributed by atoms with Crippen molar-refractivity contribution < 1.29 is 9.18 Å². The Labute approximate surface area is 192 Å². The molecule has 4 aromatic rings. The molecule has 0 saturated carbocycles. The molecule has 5 nitrogen and oxygen atoms in total. The van der Waals surface area contributed by atoms with Gasteiger partial charge in [0.1, 0.15) is 11.5 Å². The summed E-state index contributed by atoms with van der Waals surface area (Å²) in [6, 6.07) is 22.4. The van der Waals surface area contributed by atoms with Crippen molar-refractivity contribution in [3.63, 3.8) is 0 Å². The molecule has 1 aliphatic rings. The van der Waals surface area contributed by atoms with Gasteiger partial charge in [0, 0.05) is 47.6 Å². The predicted molar refractivity (Wildman–Crippen MR) is 129 cm³/mol. The average Bonchev–Trinajstić information content (AvgIpc) is 2.84. The standard InChI is InChI=1S/C27H25FN4O/c1-18-12-13-23(24(28)16-18)25-21-10-6-7-11-22(21)26(30-29-25)31-14-15-32(19(2)17-31)27(33)20-8-4-3-5-9-20/h3-13,16,19H,14-15,17H2,1-2H3/t19-/m0/s1. The van der Waals surface area contributed by atoms with E-state index in [0.29, 0.717) is 36.5 Å². The molecule has 0 spiro atoms. The van der Waals surface area contributed by atoms with E-state index < -0.39 is 0 Å². The van der Waals surface area contributed by atoms with Crippen molar-refractivity contribution >= 4 is 22.5 Å². The normalized spacial score (nSPS) is 16.3. The first-order valence-electron chi connectivity index (χ1n) is 11.2. The molecule has 1 amide bonds. The molecule has 2 heterocycles. The molecule has 0 unspecified atom stereocenters. The van der Waals surface area contributed by atoms with Crippen molar-refractivity contribution in [3.05, 3.63) is 89.7 Å². The Hall–Kier alpha value is -3.80.